The highest BCUT2D eigenvalue weighted by Gasteiger charge is 2.39. The van der Waals surface area contributed by atoms with Crippen LogP contribution < -0.4 is 4.74 Å². The van der Waals surface area contributed by atoms with Crippen LogP contribution in [0, 0.1) is 22.0 Å². The third-order valence-electron chi connectivity index (χ3n) is 3.96. The van der Waals surface area contributed by atoms with Gasteiger partial charge in [-0.1, -0.05) is 6.92 Å². The summed E-state index contributed by atoms with van der Waals surface area (Å²) in [6, 6.07) is 3.47. The molecule has 1 heterocycles. The number of ether oxygens (including phenoxy) is 1. The van der Waals surface area contributed by atoms with Crippen molar-refractivity contribution in [1.29, 1.82) is 0 Å². The molecule has 0 aliphatic carbocycles. The number of carbonyl (C=O) groups is 1. The lowest BCUT2D eigenvalue weighted by Crippen LogP contribution is -2.45. The lowest BCUT2D eigenvalue weighted by molar-refractivity contribution is -0.387. The molecule has 1 fully saturated rings. The van der Waals surface area contributed by atoms with Crippen molar-refractivity contribution in [2.75, 3.05) is 20.2 Å². The molecule has 2 unspecified atom stereocenters. The van der Waals surface area contributed by atoms with E-state index < -0.39 is 37.4 Å². The summed E-state index contributed by atoms with van der Waals surface area (Å²) in [5.41, 5.74) is -0.598. The second kappa shape index (κ2) is 6.73. The summed E-state index contributed by atoms with van der Waals surface area (Å²) in [4.78, 5) is 21.2. The van der Waals surface area contributed by atoms with E-state index in [1.165, 1.54) is 13.2 Å². The molecule has 2 rings (SSSR count). The van der Waals surface area contributed by atoms with Gasteiger partial charge >= 0.3 is 5.97 Å². The molecule has 1 aliphatic heterocycles. The van der Waals surface area contributed by atoms with E-state index in [-0.39, 0.29) is 24.8 Å². The number of nitro benzene ring substituents is 1. The molecule has 0 saturated carbocycles. The van der Waals surface area contributed by atoms with E-state index in [0.717, 1.165) is 16.4 Å². The Balaban J connectivity index is 2.46. The Labute approximate surface area is 139 Å². The maximum absolute atomic E-state index is 12.8. The van der Waals surface area contributed by atoms with Crippen LogP contribution in [0.2, 0.25) is 0 Å². The first-order valence-electron chi connectivity index (χ1n) is 7.22. The van der Waals surface area contributed by atoms with Gasteiger partial charge in [0.05, 0.1) is 24.0 Å². The molecule has 0 aromatic heterocycles. The van der Waals surface area contributed by atoms with Crippen molar-refractivity contribution in [2.24, 2.45) is 11.8 Å². The van der Waals surface area contributed by atoms with Crippen LogP contribution in [0.1, 0.15) is 13.3 Å². The zero-order chi connectivity index (χ0) is 18.1. The van der Waals surface area contributed by atoms with E-state index in [4.69, 9.17) is 4.74 Å². The fourth-order valence-electron chi connectivity index (χ4n) is 2.80. The molecule has 9 nitrogen and oxygen atoms in total. The predicted octanol–water partition coefficient (Wildman–Crippen LogP) is 1.33. The SMILES string of the molecule is COc1ccc(S(=O)(=O)N2CC(C)CC(C(=O)O)C2)c([N+](=O)[O-])c1. The van der Waals surface area contributed by atoms with Gasteiger partial charge in [-0.2, -0.15) is 4.31 Å². The highest BCUT2D eigenvalue weighted by Crippen LogP contribution is 2.33. The van der Waals surface area contributed by atoms with E-state index in [9.17, 15) is 28.4 Å². The van der Waals surface area contributed by atoms with Crippen molar-refractivity contribution in [3.05, 3.63) is 28.3 Å². The van der Waals surface area contributed by atoms with Crippen LogP contribution in [0.15, 0.2) is 23.1 Å². The van der Waals surface area contributed by atoms with Gasteiger partial charge < -0.3 is 9.84 Å². The zero-order valence-electron chi connectivity index (χ0n) is 13.2. The van der Waals surface area contributed by atoms with Crippen molar-refractivity contribution in [2.45, 2.75) is 18.2 Å². The highest BCUT2D eigenvalue weighted by atomic mass is 32.2. The number of hydrogen-bond acceptors (Lipinski definition) is 6. The molecule has 0 amide bonds. The standard InChI is InChI=1S/C14H18N2O7S/c1-9-5-10(14(17)18)8-15(7-9)24(21,22)13-4-3-11(23-2)6-12(13)16(19)20/h3-4,6,9-10H,5,7-8H2,1-2H3,(H,17,18). The number of carboxylic acids is 1. The number of carboxylic acid groups (broad SMARTS) is 1. The van der Waals surface area contributed by atoms with Crippen LogP contribution in [-0.2, 0) is 14.8 Å². The van der Waals surface area contributed by atoms with Crippen LogP contribution in [-0.4, -0.2) is 48.9 Å². The quantitative estimate of drug-likeness (QED) is 0.621. The number of methoxy groups -OCH3 is 1. The number of sulfonamides is 1. The van der Waals surface area contributed by atoms with Crippen molar-refractivity contribution in [3.8, 4) is 5.75 Å². The van der Waals surface area contributed by atoms with Crippen LogP contribution in [0.4, 0.5) is 5.69 Å². The number of aliphatic carboxylic acids is 1. The third kappa shape index (κ3) is 3.49. The Morgan fingerprint density at radius 3 is 2.62 bits per heavy atom. The topological polar surface area (TPSA) is 127 Å². The fraction of sp³-hybridized carbons (Fsp3) is 0.500. The van der Waals surface area contributed by atoms with E-state index in [1.807, 2.05) is 0 Å². The van der Waals surface area contributed by atoms with E-state index in [2.05, 4.69) is 0 Å². The molecule has 1 aliphatic rings. The van der Waals surface area contributed by atoms with Crippen molar-refractivity contribution >= 4 is 21.7 Å². The average Bonchev–Trinajstić information content (AvgIpc) is 2.53. The summed E-state index contributed by atoms with van der Waals surface area (Å²) < 4.78 is 31.5. The lowest BCUT2D eigenvalue weighted by Gasteiger charge is -2.33. The molecule has 24 heavy (non-hydrogen) atoms. The Morgan fingerprint density at radius 2 is 2.08 bits per heavy atom. The maximum Gasteiger partial charge on any atom is 0.307 e. The van der Waals surface area contributed by atoms with Gasteiger partial charge in [-0.3, -0.25) is 14.9 Å². The van der Waals surface area contributed by atoms with Gasteiger partial charge in [0.2, 0.25) is 10.0 Å². The third-order valence-corrected chi connectivity index (χ3v) is 5.84. The number of nitro groups is 1. The van der Waals surface area contributed by atoms with E-state index in [0.29, 0.717) is 6.42 Å². The van der Waals surface area contributed by atoms with Gasteiger partial charge in [0.25, 0.3) is 5.69 Å². The molecule has 1 saturated heterocycles. The van der Waals surface area contributed by atoms with Crippen LogP contribution >= 0.6 is 0 Å². The maximum atomic E-state index is 12.8. The van der Waals surface area contributed by atoms with Crippen molar-refractivity contribution in [3.63, 3.8) is 0 Å². The number of nitrogens with zero attached hydrogens (tertiary/aromatic N) is 2. The highest BCUT2D eigenvalue weighted by molar-refractivity contribution is 7.89. The fourth-order valence-corrected chi connectivity index (χ4v) is 4.54. The monoisotopic (exact) mass is 358 g/mol. The molecule has 10 heteroatoms. The lowest BCUT2D eigenvalue weighted by atomic mass is 9.92. The van der Waals surface area contributed by atoms with Gasteiger partial charge in [-0.25, -0.2) is 8.42 Å². The molecule has 132 valence electrons. The Morgan fingerprint density at radius 1 is 1.42 bits per heavy atom. The van der Waals surface area contributed by atoms with Crippen LogP contribution in [0.25, 0.3) is 0 Å². The van der Waals surface area contributed by atoms with Crippen molar-refractivity contribution < 1.29 is 28.0 Å². The molecule has 1 N–H and O–H groups in total. The first-order chi connectivity index (χ1) is 11.2. The average molecular weight is 358 g/mol. The Bertz CT molecular complexity index is 762. The van der Waals surface area contributed by atoms with Crippen molar-refractivity contribution in [1.82, 2.24) is 4.31 Å². The molecule has 0 spiro atoms. The summed E-state index contributed by atoms with van der Waals surface area (Å²) >= 11 is 0. The molecule has 2 atom stereocenters. The number of hydrogen-bond donors (Lipinski definition) is 1. The zero-order valence-corrected chi connectivity index (χ0v) is 14.0. The van der Waals surface area contributed by atoms with Gasteiger partial charge in [0, 0.05) is 13.1 Å². The smallest absolute Gasteiger partial charge is 0.307 e. The minimum Gasteiger partial charge on any atom is -0.497 e. The molecule has 0 radical (unpaired) electrons. The van der Waals surface area contributed by atoms with Gasteiger partial charge in [-0.15, -0.1) is 0 Å². The summed E-state index contributed by atoms with van der Waals surface area (Å²) in [6.45, 7) is 1.67. The normalized spacial score (nSPS) is 22.1. The molecule has 1 aromatic carbocycles. The van der Waals surface area contributed by atoms with Gasteiger partial charge in [0.15, 0.2) is 4.90 Å². The first-order valence-corrected chi connectivity index (χ1v) is 8.66. The first kappa shape index (κ1) is 18.1. The van der Waals surface area contributed by atoms with E-state index in [1.54, 1.807) is 6.92 Å². The van der Waals surface area contributed by atoms with Crippen LogP contribution in [0.3, 0.4) is 0 Å². The second-order valence-electron chi connectivity index (χ2n) is 5.79. The number of rotatable bonds is 5. The summed E-state index contributed by atoms with van der Waals surface area (Å²) in [7, 11) is -2.87. The van der Waals surface area contributed by atoms with Gasteiger partial charge in [0.1, 0.15) is 5.75 Å². The van der Waals surface area contributed by atoms with Gasteiger partial charge in [-0.05, 0) is 24.5 Å². The summed E-state index contributed by atoms with van der Waals surface area (Å²) in [5.74, 6) is -1.91. The molecule has 0 bridgehead atoms. The van der Waals surface area contributed by atoms with Crippen LogP contribution in [0.5, 0.6) is 5.75 Å². The van der Waals surface area contributed by atoms with E-state index >= 15 is 0 Å². The molecule has 1 aromatic rings. The summed E-state index contributed by atoms with van der Waals surface area (Å²) in [5, 5.41) is 20.4. The molecular formula is C14H18N2O7S. The predicted molar refractivity (Wildman–Crippen MR) is 83.3 cm³/mol. The summed E-state index contributed by atoms with van der Waals surface area (Å²) in [6.07, 6.45) is 0.367. The Kier molecular flexibility index (Phi) is 5.09. The number of benzene rings is 1. The Hall–Kier alpha value is -2.20. The minimum atomic E-state index is -4.19. The molecular weight excluding hydrogens is 340 g/mol. The number of piperidine rings is 1. The largest absolute Gasteiger partial charge is 0.497 e. The second-order valence-corrected chi connectivity index (χ2v) is 7.70. The minimum absolute atomic E-state index is 0.120.